The molecule has 2 rings (SSSR count). The van der Waals surface area contributed by atoms with Crippen LogP contribution in [-0.4, -0.2) is 25.0 Å². The second-order valence-electron chi connectivity index (χ2n) is 4.10. The quantitative estimate of drug-likeness (QED) is 0.879. The minimum atomic E-state index is -0.144. The van der Waals surface area contributed by atoms with E-state index < -0.39 is 0 Å². The second-order valence-corrected chi connectivity index (χ2v) is 5.45. The lowest BCUT2D eigenvalue weighted by molar-refractivity contribution is 0.0455. The summed E-state index contributed by atoms with van der Waals surface area (Å²) in [5, 5.41) is 0.410. The van der Waals surface area contributed by atoms with E-state index in [9.17, 15) is 4.39 Å². The molecule has 1 aromatic carbocycles. The van der Waals surface area contributed by atoms with E-state index in [1.54, 1.807) is 17.8 Å². The molecule has 1 aliphatic heterocycles. The molecule has 1 aliphatic rings. The number of nitrogens with two attached hydrogens (primary N) is 1. The fraction of sp³-hybridized carbons (Fsp3) is 0.500. The van der Waals surface area contributed by atoms with Crippen LogP contribution in [0.5, 0.6) is 0 Å². The third-order valence-corrected chi connectivity index (χ3v) is 3.97. The van der Waals surface area contributed by atoms with Gasteiger partial charge in [-0.15, -0.1) is 11.8 Å². The SMILES string of the molecule is CC(CN)c1ccc(SC2COC2)c(F)c1. The molecule has 2 N–H and O–H groups in total. The van der Waals surface area contributed by atoms with Crippen LogP contribution in [0.25, 0.3) is 0 Å². The Balaban J connectivity index is 2.09. The van der Waals surface area contributed by atoms with Crippen molar-refractivity contribution >= 4 is 11.8 Å². The predicted octanol–water partition coefficient (Wildman–Crippen LogP) is 2.38. The highest BCUT2D eigenvalue weighted by atomic mass is 32.2. The van der Waals surface area contributed by atoms with Gasteiger partial charge in [-0.3, -0.25) is 0 Å². The highest BCUT2D eigenvalue weighted by Gasteiger charge is 2.21. The van der Waals surface area contributed by atoms with E-state index in [2.05, 4.69) is 0 Å². The van der Waals surface area contributed by atoms with E-state index in [-0.39, 0.29) is 11.7 Å². The molecule has 0 spiro atoms. The van der Waals surface area contributed by atoms with E-state index >= 15 is 0 Å². The lowest BCUT2D eigenvalue weighted by atomic mass is 10.0. The number of benzene rings is 1. The highest BCUT2D eigenvalue weighted by molar-refractivity contribution is 8.00. The van der Waals surface area contributed by atoms with Gasteiger partial charge in [0.25, 0.3) is 0 Å². The second kappa shape index (κ2) is 5.17. The first-order valence-electron chi connectivity index (χ1n) is 5.44. The summed E-state index contributed by atoms with van der Waals surface area (Å²) in [5.41, 5.74) is 6.53. The molecule has 0 bridgehead atoms. The molecular formula is C12H16FNOS. The Morgan fingerprint density at radius 3 is 2.81 bits per heavy atom. The fourth-order valence-electron chi connectivity index (χ4n) is 1.52. The summed E-state index contributed by atoms with van der Waals surface area (Å²) in [6.07, 6.45) is 0. The number of hydrogen-bond donors (Lipinski definition) is 1. The van der Waals surface area contributed by atoms with Crippen molar-refractivity contribution in [3.63, 3.8) is 0 Å². The molecule has 1 atom stereocenters. The maximum Gasteiger partial charge on any atom is 0.137 e. The lowest BCUT2D eigenvalue weighted by Gasteiger charge is -2.25. The standard InChI is InChI=1S/C12H16FNOS/c1-8(5-14)9-2-3-12(11(13)4-9)16-10-6-15-7-10/h2-4,8,10H,5-7,14H2,1H3. The van der Waals surface area contributed by atoms with Gasteiger partial charge in [0.1, 0.15) is 5.82 Å². The molecule has 0 amide bonds. The zero-order valence-corrected chi connectivity index (χ0v) is 10.1. The molecule has 0 aliphatic carbocycles. The molecule has 0 saturated carbocycles. The third kappa shape index (κ3) is 2.56. The first kappa shape index (κ1) is 11.9. The average molecular weight is 241 g/mol. The molecule has 1 unspecified atom stereocenters. The zero-order chi connectivity index (χ0) is 11.5. The van der Waals surface area contributed by atoms with Crippen molar-refractivity contribution in [1.82, 2.24) is 0 Å². The summed E-state index contributed by atoms with van der Waals surface area (Å²) in [4.78, 5) is 0.710. The predicted molar refractivity (Wildman–Crippen MR) is 64.3 cm³/mol. The monoisotopic (exact) mass is 241 g/mol. The smallest absolute Gasteiger partial charge is 0.137 e. The topological polar surface area (TPSA) is 35.2 Å². The van der Waals surface area contributed by atoms with Crippen LogP contribution < -0.4 is 5.73 Å². The Morgan fingerprint density at radius 1 is 1.56 bits per heavy atom. The summed E-state index contributed by atoms with van der Waals surface area (Å²) in [6, 6.07) is 5.40. The van der Waals surface area contributed by atoms with Gasteiger partial charge in [0, 0.05) is 4.90 Å². The van der Waals surface area contributed by atoms with Gasteiger partial charge < -0.3 is 10.5 Å². The molecule has 1 saturated heterocycles. The van der Waals surface area contributed by atoms with Gasteiger partial charge in [0.2, 0.25) is 0 Å². The maximum absolute atomic E-state index is 13.8. The number of hydrogen-bond acceptors (Lipinski definition) is 3. The summed E-state index contributed by atoms with van der Waals surface area (Å²) in [7, 11) is 0. The average Bonchev–Trinajstić information content (AvgIpc) is 2.23. The van der Waals surface area contributed by atoms with E-state index in [0.717, 1.165) is 18.8 Å². The van der Waals surface area contributed by atoms with Crippen LogP contribution >= 0.6 is 11.8 Å². The number of thioether (sulfide) groups is 1. The van der Waals surface area contributed by atoms with E-state index in [1.165, 1.54) is 0 Å². The first-order chi connectivity index (χ1) is 7.70. The van der Waals surface area contributed by atoms with Crippen molar-refractivity contribution in [3.8, 4) is 0 Å². The normalized spacial score (nSPS) is 18.2. The van der Waals surface area contributed by atoms with E-state index in [0.29, 0.717) is 16.7 Å². The Labute approximate surface area is 99.4 Å². The Kier molecular flexibility index (Phi) is 3.84. The van der Waals surface area contributed by atoms with Crippen LogP contribution in [0.1, 0.15) is 18.4 Å². The minimum Gasteiger partial charge on any atom is -0.379 e. The summed E-state index contributed by atoms with van der Waals surface area (Å²) in [6.45, 7) is 4.00. The van der Waals surface area contributed by atoms with Crippen molar-refractivity contribution in [2.75, 3.05) is 19.8 Å². The largest absolute Gasteiger partial charge is 0.379 e. The molecule has 16 heavy (non-hydrogen) atoms. The number of rotatable bonds is 4. The lowest BCUT2D eigenvalue weighted by Crippen LogP contribution is -2.30. The van der Waals surface area contributed by atoms with Crippen molar-refractivity contribution < 1.29 is 9.13 Å². The van der Waals surface area contributed by atoms with Gasteiger partial charge in [-0.1, -0.05) is 13.0 Å². The minimum absolute atomic E-state index is 0.144. The van der Waals surface area contributed by atoms with Gasteiger partial charge in [-0.05, 0) is 30.2 Å². The fourth-order valence-corrected chi connectivity index (χ4v) is 2.52. The molecule has 2 nitrogen and oxygen atoms in total. The molecule has 1 heterocycles. The van der Waals surface area contributed by atoms with E-state index in [4.69, 9.17) is 10.5 Å². The van der Waals surface area contributed by atoms with Crippen molar-refractivity contribution in [2.45, 2.75) is 23.0 Å². The van der Waals surface area contributed by atoms with Gasteiger partial charge in [0.15, 0.2) is 0 Å². The number of ether oxygens (including phenoxy) is 1. The number of halogens is 1. The Bertz CT molecular complexity index is 368. The Hall–Kier alpha value is -0.580. The van der Waals surface area contributed by atoms with Crippen LogP contribution in [0.15, 0.2) is 23.1 Å². The van der Waals surface area contributed by atoms with Crippen molar-refractivity contribution in [1.29, 1.82) is 0 Å². The molecule has 0 aromatic heterocycles. The van der Waals surface area contributed by atoms with Crippen molar-refractivity contribution in [3.05, 3.63) is 29.6 Å². The van der Waals surface area contributed by atoms with Gasteiger partial charge in [0.05, 0.1) is 18.5 Å². The van der Waals surface area contributed by atoms with Crippen LogP contribution in [0.4, 0.5) is 4.39 Å². The van der Waals surface area contributed by atoms with Crippen LogP contribution in [0.3, 0.4) is 0 Å². The molecule has 4 heteroatoms. The Morgan fingerprint density at radius 2 is 2.31 bits per heavy atom. The third-order valence-electron chi connectivity index (χ3n) is 2.78. The van der Waals surface area contributed by atoms with Gasteiger partial charge in [-0.25, -0.2) is 4.39 Å². The molecule has 1 aromatic rings. The van der Waals surface area contributed by atoms with E-state index in [1.807, 2.05) is 19.1 Å². The van der Waals surface area contributed by atoms with Crippen LogP contribution in [0, 0.1) is 5.82 Å². The molecular weight excluding hydrogens is 225 g/mol. The molecule has 1 fully saturated rings. The summed E-state index contributed by atoms with van der Waals surface area (Å²) >= 11 is 1.55. The molecule has 0 radical (unpaired) electrons. The van der Waals surface area contributed by atoms with Gasteiger partial charge >= 0.3 is 0 Å². The van der Waals surface area contributed by atoms with Crippen LogP contribution in [0.2, 0.25) is 0 Å². The van der Waals surface area contributed by atoms with Crippen LogP contribution in [-0.2, 0) is 4.74 Å². The molecule has 88 valence electrons. The highest BCUT2D eigenvalue weighted by Crippen LogP contribution is 2.31. The van der Waals surface area contributed by atoms with Crippen molar-refractivity contribution in [2.24, 2.45) is 5.73 Å². The first-order valence-corrected chi connectivity index (χ1v) is 6.32. The van der Waals surface area contributed by atoms with Gasteiger partial charge in [-0.2, -0.15) is 0 Å². The zero-order valence-electron chi connectivity index (χ0n) is 9.28. The maximum atomic E-state index is 13.8. The summed E-state index contributed by atoms with van der Waals surface area (Å²) in [5.74, 6) is 0.0651. The summed E-state index contributed by atoms with van der Waals surface area (Å²) < 4.78 is 18.8.